The normalized spacial score (nSPS) is 22.0. The first kappa shape index (κ1) is 16.3. The number of thioether (sulfide) groups is 1. The number of aliphatic hydroxyl groups is 1. The Hall–Kier alpha value is 0.230. The van der Waals surface area contributed by atoms with Crippen LogP contribution in [-0.4, -0.2) is 60.3 Å². The standard InChI is InChI=1S/C14H30N2OS/c1-2-8-16-9-3-5-14(6-10-16)15-7-13-18-12-4-11-17/h14-15,17H,2-13H2,1H3. The molecule has 3 nitrogen and oxygen atoms in total. The first-order valence-corrected chi connectivity index (χ1v) is 8.66. The van der Waals surface area contributed by atoms with Crippen LogP contribution in [0.4, 0.5) is 0 Å². The molecule has 0 radical (unpaired) electrons. The summed E-state index contributed by atoms with van der Waals surface area (Å²) in [4.78, 5) is 2.61. The van der Waals surface area contributed by atoms with Gasteiger partial charge in [-0.25, -0.2) is 0 Å². The molecule has 2 N–H and O–H groups in total. The molecule has 1 saturated heterocycles. The number of nitrogens with one attached hydrogen (secondary N) is 1. The second-order valence-electron chi connectivity index (χ2n) is 5.11. The highest BCUT2D eigenvalue weighted by molar-refractivity contribution is 7.99. The van der Waals surface area contributed by atoms with Crippen LogP contribution in [0.25, 0.3) is 0 Å². The molecule has 108 valence electrons. The van der Waals surface area contributed by atoms with Crippen molar-refractivity contribution < 1.29 is 5.11 Å². The molecule has 1 unspecified atom stereocenters. The summed E-state index contributed by atoms with van der Waals surface area (Å²) in [5.41, 5.74) is 0. The van der Waals surface area contributed by atoms with E-state index in [1.807, 2.05) is 11.8 Å². The van der Waals surface area contributed by atoms with E-state index in [1.165, 1.54) is 51.1 Å². The maximum absolute atomic E-state index is 8.69. The molecule has 1 atom stereocenters. The third-order valence-corrected chi connectivity index (χ3v) is 4.56. The second kappa shape index (κ2) is 11.1. The number of rotatable bonds is 9. The molecule has 0 bridgehead atoms. The summed E-state index contributed by atoms with van der Waals surface area (Å²) in [5.74, 6) is 2.27. The summed E-state index contributed by atoms with van der Waals surface area (Å²) in [6.07, 6.45) is 6.19. The first-order chi connectivity index (χ1) is 8.86. The van der Waals surface area contributed by atoms with Gasteiger partial charge in [0, 0.05) is 24.9 Å². The van der Waals surface area contributed by atoms with Crippen molar-refractivity contribution in [1.82, 2.24) is 10.2 Å². The highest BCUT2D eigenvalue weighted by Crippen LogP contribution is 2.11. The minimum absolute atomic E-state index is 0.330. The van der Waals surface area contributed by atoms with Crippen molar-refractivity contribution >= 4 is 11.8 Å². The van der Waals surface area contributed by atoms with Crippen LogP contribution in [0.1, 0.15) is 39.0 Å². The molecule has 0 aromatic rings. The van der Waals surface area contributed by atoms with Crippen LogP contribution < -0.4 is 5.32 Å². The Morgan fingerprint density at radius 3 is 2.94 bits per heavy atom. The Morgan fingerprint density at radius 2 is 2.17 bits per heavy atom. The molecule has 0 spiro atoms. The maximum atomic E-state index is 8.69. The van der Waals surface area contributed by atoms with Gasteiger partial charge in [-0.2, -0.15) is 11.8 Å². The zero-order valence-corrected chi connectivity index (χ0v) is 12.7. The van der Waals surface area contributed by atoms with E-state index in [2.05, 4.69) is 17.1 Å². The highest BCUT2D eigenvalue weighted by Gasteiger charge is 2.15. The third kappa shape index (κ3) is 7.62. The van der Waals surface area contributed by atoms with Gasteiger partial charge in [0.2, 0.25) is 0 Å². The molecule has 1 aliphatic heterocycles. The number of aliphatic hydroxyl groups excluding tert-OH is 1. The molecule has 0 aromatic heterocycles. The van der Waals surface area contributed by atoms with Gasteiger partial charge < -0.3 is 15.3 Å². The van der Waals surface area contributed by atoms with Crippen molar-refractivity contribution in [2.24, 2.45) is 0 Å². The lowest BCUT2D eigenvalue weighted by Crippen LogP contribution is -2.32. The van der Waals surface area contributed by atoms with Gasteiger partial charge in [-0.3, -0.25) is 0 Å². The molecule has 4 heteroatoms. The van der Waals surface area contributed by atoms with Crippen molar-refractivity contribution in [3.8, 4) is 0 Å². The molecule has 1 heterocycles. The fraction of sp³-hybridized carbons (Fsp3) is 1.00. The van der Waals surface area contributed by atoms with Crippen LogP contribution >= 0.6 is 11.8 Å². The van der Waals surface area contributed by atoms with E-state index >= 15 is 0 Å². The minimum atomic E-state index is 0.330. The Labute approximate surface area is 117 Å². The molecule has 1 fully saturated rings. The predicted octanol–water partition coefficient (Wildman–Crippen LogP) is 1.96. The number of hydrogen-bond acceptors (Lipinski definition) is 4. The highest BCUT2D eigenvalue weighted by atomic mass is 32.2. The molecule has 1 aliphatic rings. The average molecular weight is 274 g/mol. The predicted molar refractivity (Wildman–Crippen MR) is 81.4 cm³/mol. The van der Waals surface area contributed by atoms with Crippen molar-refractivity contribution in [1.29, 1.82) is 0 Å². The smallest absolute Gasteiger partial charge is 0.0438 e. The molecular formula is C14H30N2OS. The minimum Gasteiger partial charge on any atom is -0.396 e. The maximum Gasteiger partial charge on any atom is 0.0438 e. The quantitative estimate of drug-likeness (QED) is 0.630. The molecular weight excluding hydrogens is 244 g/mol. The Balaban J connectivity index is 2.01. The number of likely N-dealkylation sites (tertiary alicyclic amines) is 1. The summed E-state index contributed by atoms with van der Waals surface area (Å²) in [6.45, 7) is 7.54. The van der Waals surface area contributed by atoms with Crippen molar-refractivity contribution in [3.63, 3.8) is 0 Å². The van der Waals surface area contributed by atoms with Crippen molar-refractivity contribution in [3.05, 3.63) is 0 Å². The third-order valence-electron chi connectivity index (χ3n) is 3.49. The second-order valence-corrected chi connectivity index (χ2v) is 6.34. The monoisotopic (exact) mass is 274 g/mol. The van der Waals surface area contributed by atoms with Gasteiger partial charge in [-0.15, -0.1) is 0 Å². The molecule has 0 aromatic carbocycles. The zero-order valence-electron chi connectivity index (χ0n) is 11.9. The van der Waals surface area contributed by atoms with Crippen LogP contribution in [0, 0.1) is 0 Å². The van der Waals surface area contributed by atoms with Gasteiger partial charge in [0.05, 0.1) is 0 Å². The van der Waals surface area contributed by atoms with E-state index in [4.69, 9.17) is 5.11 Å². The summed E-state index contributed by atoms with van der Waals surface area (Å²) >= 11 is 1.95. The Kier molecular flexibility index (Phi) is 10.0. The van der Waals surface area contributed by atoms with E-state index < -0.39 is 0 Å². The molecule has 0 amide bonds. The van der Waals surface area contributed by atoms with Crippen molar-refractivity contribution in [2.45, 2.75) is 45.1 Å². The molecule has 1 rings (SSSR count). The van der Waals surface area contributed by atoms with Gasteiger partial charge in [-0.1, -0.05) is 6.92 Å². The van der Waals surface area contributed by atoms with E-state index in [1.54, 1.807) is 0 Å². The van der Waals surface area contributed by atoms with Gasteiger partial charge in [0.25, 0.3) is 0 Å². The van der Waals surface area contributed by atoms with Crippen LogP contribution in [0.15, 0.2) is 0 Å². The van der Waals surface area contributed by atoms with Gasteiger partial charge in [-0.05, 0) is 57.5 Å². The fourth-order valence-electron chi connectivity index (χ4n) is 2.50. The Bertz CT molecular complexity index is 193. The van der Waals surface area contributed by atoms with Crippen LogP contribution in [0.3, 0.4) is 0 Å². The van der Waals surface area contributed by atoms with E-state index in [-0.39, 0.29) is 0 Å². The first-order valence-electron chi connectivity index (χ1n) is 7.51. The largest absolute Gasteiger partial charge is 0.396 e. The van der Waals surface area contributed by atoms with Crippen LogP contribution in [0.5, 0.6) is 0 Å². The SMILES string of the molecule is CCCN1CCCC(NCCSCCCO)CC1. The fourth-order valence-corrected chi connectivity index (χ4v) is 3.30. The summed E-state index contributed by atoms with van der Waals surface area (Å²) in [5, 5.41) is 12.4. The topological polar surface area (TPSA) is 35.5 Å². The lowest BCUT2D eigenvalue weighted by molar-refractivity contribution is 0.283. The summed E-state index contributed by atoms with van der Waals surface area (Å²) in [6, 6.07) is 0.727. The van der Waals surface area contributed by atoms with Gasteiger partial charge in [0.15, 0.2) is 0 Å². The van der Waals surface area contributed by atoms with E-state index in [9.17, 15) is 0 Å². The average Bonchev–Trinajstić information content (AvgIpc) is 2.60. The summed E-state index contributed by atoms with van der Waals surface area (Å²) < 4.78 is 0. The number of hydrogen-bond donors (Lipinski definition) is 2. The van der Waals surface area contributed by atoms with E-state index in [0.29, 0.717) is 6.61 Å². The number of nitrogens with zero attached hydrogens (tertiary/aromatic N) is 1. The van der Waals surface area contributed by atoms with Crippen molar-refractivity contribution in [2.75, 3.05) is 44.3 Å². The lowest BCUT2D eigenvalue weighted by atomic mass is 10.1. The molecule has 18 heavy (non-hydrogen) atoms. The molecule has 0 saturated carbocycles. The lowest BCUT2D eigenvalue weighted by Gasteiger charge is -2.19. The van der Waals surface area contributed by atoms with E-state index in [0.717, 1.165) is 24.8 Å². The molecule has 0 aliphatic carbocycles. The van der Waals surface area contributed by atoms with Crippen LogP contribution in [-0.2, 0) is 0 Å². The van der Waals surface area contributed by atoms with Gasteiger partial charge >= 0.3 is 0 Å². The zero-order chi connectivity index (χ0) is 13.1. The summed E-state index contributed by atoms with van der Waals surface area (Å²) in [7, 11) is 0. The van der Waals surface area contributed by atoms with Crippen LogP contribution in [0.2, 0.25) is 0 Å². The van der Waals surface area contributed by atoms with Gasteiger partial charge in [0.1, 0.15) is 0 Å². The Morgan fingerprint density at radius 1 is 1.28 bits per heavy atom.